The molecule has 40 heavy (non-hydrogen) atoms. The number of hydrogen-bond donors (Lipinski definition) is 2. The minimum absolute atomic E-state index is 0.0535. The van der Waals surface area contributed by atoms with E-state index in [1.54, 1.807) is 9.80 Å². The third-order valence-electron chi connectivity index (χ3n) is 7.38. The van der Waals surface area contributed by atoms with Gasteiger partial charge in [0.15, 0.2) is 11.3 Å². The zero-order valence-electron chi connectivity index (χ0n) is 21.8. The van der Waals surface area contributed by atoms with Gasteiger partial charge in [0, 0.05) is 44.1 Å². The highest BCUT2D eigenvalue weighted by molar-refractivity contribution is 5.90. The molecule has 2 aliphatic rings. The molecule has 1 spiro atoms. The van der Waals surface area contributed by atoms with Gasteiger partial charge in [0.25, 0.3) is 5.92 Å². The van der Waals surface area contributed by atoms with Gasteiger partial charge in [-0.25, -0.2) is 19.3 Å². The fourth-order valence-electron chi connectivity index (χ4n) is 5.37. The maximum Gasteiger partial charge on any atom is 0.435 e. The number of carbonyl (C=O) groups is 1. The predicted molar refractivity (Wildman–Crippen MR) is 133 cm³/mol. The maximum atomic E-state index is 15.1. The van der Waals surface area contributed by atoms with E-state index in [-0.39, 0.29) is 45.2 Å². The second kappa shape index (κ2) is 9.46. The van der Waals surface area contributed by atoms with Crippen molar-refractivity contribution in [3.05, 3.63) is 52.7 Å². The number of alkyl halides is 5. The van der Waals surface area contributed by atoms with E-state index in [0.29, 0.717) is 26.2 Å². The van der Waals surface area contributed by atoms with Crippen LogP contribution in [-0.4, -0.2) is 63.7 Å². The number of hydrogen-bond acceptors (Lipinski definition) is 7. The average Bonchev–Trinajstić information content (AvgIpc) is 2.81. The van der Waals surface area contributed by atoms with Gasteiger partial charge in [-0.1, -0.05) is 12.1 Å². The van der Waals surface area contributed by atoms with Crippen molar-refractivity contribution in [2.75, 3.05) is 43.0 Å². The lowest BCUT2D eigenvalue weighted by molar-refractivity contribution is -0.143. The number of aliphatic hydroxyl groups excluding tert-OH is 1. The van der Waals surface area contributed by atoms with Crippen LogP contribution < -0.4 is 10.2 Å². The topological polar surface area (TPSA) is 94.5 Å². The molecule has 1 aromatic carbocycles. The molecule has 2 saturated heterocycles. The number of halogens is 6. The smallest absolute Gasteiger partial charge is 0.390 e. The third-order valence-corrected chi connectivity index (χ3v) is 7.38. The lowest BCUT2D eigenvalue weighted by Gasteiger charge is -2.60. The van der Waals surface area contributed by atoms with E-state index in [9.17, 15) is 26.7 Å². The summed E-state index contributed by atoms with van der Waals surface area (Å²) in [5, 5.41) is 12.0. The number of aryl methyl sites for hydroxylation is 1. The van der Waals surface area contributed by atoms with Gasteiger partial charge in [0.05, 0.1) is 22.7 Å². The van der Waals surface area contributed by atoms with Gasteiger partial charge in [0.1, 0.15) is 24.1 Å². The Labute approximate surface area is 225 Å². The van der Waals surface area contributed by atoms with Crippen molar-refractivity contribution in [3.8, 4) is 0 Å². The summed E-state index contributed by atoms with van der Waals surface area (Å²) in [5.41, 5.74) is -2.93. The fraction of sp³-hybridized carbons (Fsp3) is 0.462. The molecule has 3 aromatic rings. The largest absolute Gasteiger partial charge is 0.435 e. The summed E-state index contributed by atoms with van der Waals surface area (Å²) < 4.78 is 85.4. The number of benzene rings is 1. The van der Waals surface area contributed by atoms with E-state index in [1.807, 2.05) is 0 Å². The Bertz CT molecular complexity index is 1480. The summed E-state index contributed by atoms with van der Waals surface area (Å²) in [4.78, 5) is 26.9. The highest BCUT2D eigenvalue weighted by atomic mass is 19.4. The first-order chi connectivity index (χ1) is 18.6. The number of amides is 1. The van der Waals surface area contributed by atoms with Crippen molar-refractivity contribution in [1.29, 1.82) is 0 Å². The van der Waals surface area contributed by atoms with Gasteiger partial charge in [-0.05, 0) is 26.0 Å². The molecule has 4 heterocycles. The van der Waals surface area contributed by atoms with E-state index in [0.717, 1.165) is 6.07 Å². The van der Waals surface area contributed by atoms with Crippen LogP contribution in [0.2, 0.25) is 0 Å². The Morgan fingerprint density at radius 1 is 1.12 bits per heavy atom. The summed E-state index contributed by atoms with van der Waals surface area (Å²) in [5.74, 6) is -4.97. The Balaban J connectivity index is 1.51. The fourth-order valence-corrected chi connectivity index (χ4v) is 5.37. The lowest BCUT2D eigenvalue weighted by Crippen LogP contribution is -2.73. The predicted octanol–water partition coefficient (Wildman–Crippen LogP) is 4.42. The zero-order valence-corrected chi connectivity index (χ0v) is 21.8. The second-order valence-corrected chi connectivity index (χ2v) is 10.5. The van der Waals surface area contributed by atoms with Crippen LogP contribution >= 0.6 is 0 Å². The number of likely N-dealkylation sites (tertiary alicyclic amines) is 1. The van der Waals surface area contributed by atoms with Crippen LogP contribution in [0, 0.1) is 18.2 Å². The number of rotatable bonds is 6. The van der Waals surface area contributed by atoms with Crippen LogP contribution in [0.3, 0.4) is 0 Å². The number of anilines is 2. The first kappa shape index (κ1) is 27.9. The summed E-state index contributed by atoms with van der Waals surface area (Å²) in [6.07, 6.45) is -4.78. The van der Waals surface area contributed by atoms with Crippen LogP contribution in [0.1, 0.15) is 42.5 Å². The van der Waals surface area contributed by atoms with Crippen molar-refractivity contribution in [1.82, 2.24) is 19.9 Å². The normalized spacial score (nSPS) is 17.6. The minimum atomic E-state index is -4.78. The average molecular weight is 569 g/mol. The molecule has 14 heteroatoms. The molecule has 0 saturated carbocycles. The molecule has 5 rings (SSSR count). The molecule has 2 aliphatic heterocycles. The summed E-state index contributed by atoms with van der Waals surface area (Å²) >= 11 is 0. The van der Waals surface area contributed by atoms with Crippen molar-refractivity contribution >= 4 is 28.4 Å². The van der Waals surface area contributed by atoms with Crippen LogP contribution in [0.5, 0.6) is 0 Å². The first-order valence-electron chi connectivity index (χ1n) is 12.5. The van der Waals surface area contributed by atoms with Gasteiger partial charge in [-0.3, -0.25) is 4.79 Å². The second-order valence-electron chi connectivity index (χ2n) is 10.5. The van der Waals surface area contributed by atoms with E-state index < -0.39 is 41.8 Å². The van der Waals surface area contributed by atoms with Crippen LogP contribution in [-0.2, 0) is 16.9 Å². The number of fused-ring (bicyclic) bond motifs is 1. The molecule has 1 amide bonds. The van der Waals surface area contributed by atoms with Crippen molar-refractivity contribution in [2.45, 2.75) is 38.9 Å². The Morgan fingerprint density at radius 3 is 2.40 bits per heavy atom. The van der Waals surface area contributed by atoms with E-state index >= 15 is 4.39 Å². The quantitative estimate of drug-likeness (QED) is 0.426. The van der Waals surface area contributed by atoms with E-state index in [4.69, 9.17) is 5.11 Å². The maximum absolute atomic E-state index is 15.1. The van der Waals surface area contributed by atoms with Gasteiger partial charge in [-0.15, -0.1) is 0 Å². The highest BCUT2D eigenvalue weighted by Gasteiger charge is 2.54. The van der Waals surface area contributed by atoms with Crippen molar-refractivity contribution in [3.63, 3.8) is 0 Å². The zero-order chi connectivity index (χ0) is 29.2. The van der Waals surface area contributed by atoms with Gasteiger partial charge in [0.2, 0.25) is 5.91 Å². The molecule has 214 valence electrons. The molecule has 2 fully saturated rings. The van der Waals surface area contributed by atoms with Crippen LogP contribution in [0.25, 0.3) is 11.0 Å². The van der Waals surface area contributed by atoms with Gasteiger partial charge >= 0.3 is 6.18 Å². The van der Waals surface area contributed by atoms with Crippen molar-refractivity contribution in [2.24, 2.45) is 5.41 Å². The Kier molecular flexibility index (Phi) is 6.59. The molecule has 1 atom stereocenters. The first-order valence-corrected chi connectivity index (χ1v) is 12.5. The molecular weight excluding hydrogens is 542 g/mol. The number of pyridine rings is 1. The molecule has 0 radical (unpaired) electrons. The van der Waals surface area contributed by atoms with E-state index in [2.05, 4.69) is 20.3 Å². The monoisotopic (exact) mass is 568 g/mol. The number of nitrogens with zero attached hydrogens (tertiary/aromatic N) is 5. The SMILES string of the molecule is CC(=O)N1CC2(C1)CN(c1cc3c(N[C@H](C)c4cccc(C(F)(F)CO)c4F)nc(C)nc3nc1C(F)(F)F)C2. The van der Waals surface area contributed by atoms with Crippen LogP contribution in [0.4, 0.5) is 37.8 Å². The molecule has 0 unspecified atom stereocenters. The Morgan fingerprint density at radius 2 is 1.80 bits per heavy atom. The van der Waals surface area contributed by atoms with Crippen LogP contribution in [0.15, 0.2) is 24.3 Å². The molecule has 0 bridgehead atoms. The Hall–Kier alpha value is -3.68. The molecule has 2 aromatic heterocycles. The van der Waals surface area contributed by atoms with Gasteiger partial charge < -0.3 is 20.2 Å². The summed E-state index contributed by atoms with van der Waals surface area (Å²) in [7, 11) is 0. The minimum Gasteiger partial charge on any atom is -0.390 e. The van der Waals surface area contributed by atoms with Crippen molar-refractivity contribution < 1.29 is 36.2 Å². The number of nitrogens with one attached hydrogen (secondary N) is 1. The third kappa shape index (κ3) is 4.78. The van der Waals surface area contributed by atoms with E-state index in [1.165, 1.54) is 39.0 Å². The molecular formula is C26H26F6N6O2. The molecule has 2 N–H and O–H groups in total. The highest BCUT2D eigenvalue weighted by Crippen LogP contribution is 2.46. The number of aromatic nitrogens is 3. The number of carbonyl (C=O) groups excluding carboxylic acids is 1. The standard InChI is InChI=1S/C26H26F6N6O2/c1-13(16-5-4-6-18(20(16)27)25(28,29)12-39)33-22-17-7-19(38-10-24(11-38)8-37(9-24)15(3)40)21(26(30,31)32)36-23(17)35-14(2)34-22/h4-7,13,39H,8-12H2,1-3H3,(H,33,34,35,36)/t13-/m1/s1. The van der Waals surface area contributed by atoms with Gasteiger partial charge in [-0.2, -0.15) is 22.0 Å². The molecule has 8 nitrogen and oxygen atoms in total. The molecule has 0 aliphatic carbocycles. The lowest BCUT2D eigenvalue weighted by atomic mass is 9.72. The number of aliphatic hydroxyl groups is 1. The summed E-state index contributed by atoms with van der Waals surface area (Å²) in [6.45, 7) is 4.34. The summed E-state index contributed by atoms with van der Waals surface area (Å²) in [6, 6.07) is 3.71.